The zero-order valence-corrected chi connectivity index (χ0v) is 19.9. The average molecular weight is 508 g/mol. The van der Waals surface area contributed by atoms with Gasteiger partial charge in [-0.15, -0.1) is 0 Å². The van der Waals surface area contributed by atoms with E-state index < -0.39 is 17.6 Å². The molecule has 0 saturated carbocycles. The molecular weight excluding hydrogens is 479 g/mol. The molecule has 3 aliphatic heterocycles. The number of nitrogens with one attached hydrogen (secondary N) is 1. The standard InChI is InChI=1S/C23H28F3N7O3/c1-35-21-18(23(24,25)26)10-15(11-28-21)32-7-3-19-17(13-32)20(30-14-29-19)36-16-2-6-33(12-16)22(34)31-8-4-27-5-9-31/h10-11,14,16,27H,2-9,12-13H2,1H3/t16-/m0/s1. The van der Waals surface area contributed by atoms with Crippen LogP contribution < -0.4 is 19.7 Å². The Morgan fingerprint density at radius 2 is 1.89 bits per heavy atom. The maximum atomic E-state index is 13.5. The molecule has 5 rings (SSSR count). The van der Waals surface area contributed by atoms with Gasteiger partial charge < -0.3 is 29.5 Å². The van der Waals surface area contributed by atoms with Crippen LogP contribution in [0.1, 0.15) is 23.2 Å². The van der Waals surface area contributed by atoms with Gasteiger partial charge in [0.15, 0.2) is 0 Å². The topological polar surface area (TPSA) is 96.0 Å². The quantitative estimate of drug-likeness (QED) is 0.671. The monoisotopic (exact) mass is 507 g/mol. The summed E-state index contributed by atoms with van der Waals surface area (Å²) in [6.45, 7) is 4.78. The van der Waals surface area contributed by atoms with Crippen LogP contribution >= 0.6 is 0 Å². The average Bonchev–Trinajstić information content (AvgIpc) is 3.36. The van der Waals surface area contributed by atoms with E-state index >= 15 is 0 Å². The molecule has 1 N–H and O–H groups in total. The van der Waals surface area contributed by atoms with E-state index in [-0.39, 0.29) is 18.7 Å². The number of halogens is 3. The van der Waals surface area contributed by atoms with Gasteiger partial charge >= 0.3 is 12.2 Å². The smallest absolute Gasteiger partial charge is 0.421 e. The molecule has 0 unspecified atom stereocenters. The number of pyridine rings is 1. The molecule has 2 aromatic heterocycles. The minimum atomic E-state index is -4.59. The summed E-state index contributed by atoms with van der Waals surface area (Å²) in [7, 11) is 1.16. The third-order valence-electron chi connectivity index (χ3n) is 6.74. The van der Waals surface area contributed by atoms with E-state index in [1.165, 1.54) is 12.5 Å². The second kappa shape index (κ2) is 9.96. The molecule has 13 heteroatoms. The lowest BCUT2D eigenvalue weighted by Gasteiger charge is -2.32. The molecule has 2 aromatic rings. The molecule has 0 radical (unpaired) electrons. The van der Waals surface area contributed by atoms with Crippen LogP contribution in [-0.4, -0.2) is 89.8 Å². The maximum absolute atomic E-state index is 13.5. The van der Waals surface area contributed by atoms with Crippen molar-refractivity contribution in [1.82, 2.24) is 30.1 Å². The number of carbonyl (C=O) groups is 1. The number of alkyl halides is 3. The van der Waals surface area contributed by atoms with Gasteiger partial charge in [0.25, 0.3) is 0 Å². The van der Waals surface area contributed by atoms with E-state index in [0.29, 0.717) is 57.1 Å². The maximum Gasteiger partial charge on any atom is 0.421 e. The van der Waals surface area contributed by atoms with Crippen molar-refractivity contribution in [1.29, 1.82) is 0 Å². The first-order valence-electron chi connectivity index (χ1n) is 11.9. The van der Waals surface area contributed by atoms with E-state index in [2.05, 4.69) is 20.3 Å². The van der Waals surface area contributed by atoms with Crippen molar-refractivity contribution in [3.63, 3.8) is 0 Å². The predicted molar refractivity (Wildman–Crippen MR) is 123 cm³/mol. The Kier molecular flexibility index (Phi) is 6.73. The minimum Gasteiger partial charge on any atom is -0.481 e. The molecule has 2 fully saturated rings. The van der Waals surface area contributed by atoms with Crippen molar-refractivity contribution in [3.8, 4) is 11.8 Å². The number of methoxy groups -OCH3 is 1. The van der Waals surface area contributed by atoms with Crippen LogP contribution in [0.4, 0.5) is 23.7 Å². The summed E-state index contributed by atoms with van der Waals surface area (Å²) in [4.78, 5) is 30.8. The van der Waals surface area contributed by atoms with Crippen LogP contribution in [0.5, 0.6) is 11.8 Å². The van der Waals surface area contributed by atoms with Crippen molar-refractivity contribution in [2.45, 2.75) is 31.7 Å². The lowest BCUT2D eigenvalue weighted by molar-refractivity contribution is -0.139. The zero-order valence-electron chi connectivity index (χ0n) is 19.9. The Balaban J connectivity index is 1.30. The van der Waals surface area contributed by atoms with Crippen molar-refractivity contribution >= 4 is 11.7 Å². The number of ether oxygens (including phenoxy) is 2. The van der Waals surface area contributed by atoms with Crippen LogP contribution in [0.25, 0.3) is 0 Å². The molecule has 194 valence electrons. The number of anilines is 1. The molecule has 1 atom stereocenters. The molecular formula is C23H28F3N7O3. The van der Waals surface area contributed by atoms with Crippen LogP contribution in [0.15, 0.2) is 18.6 Å². The van der Waals surface area contributed by atoms with Crippen LogP contribution in [-0.2, 0) is 19.1 Å². The Hall–Kier alpha value is -3.35. The first kappa shape index (κ1) is 24.3. The first-order valence-corrected chi connectivity index (χ1v) is 11.9. The Morgan fingerprint density at radius 3 is 2.64 bits per heavy atom. The number of nitrogens with zero attached hydrogens (tertiary/aromatic N) is 6. The summed E-state index contributed by atoms with van der Waals surface area (Å²) in [5.74, 6) is -0.0548. The number of aromatic nitrogens is 3. The number of hydrogen-bond acceptors (Lipinski definition) is 8. The Morgan fingerprint density at radius 1 is 1.08 bits per heavy atom. The second-order valence-corrected chi connectivity index (χ2v) is 9.02. The van der Waals surface area contributed by atoms with E-state index in [0.717, 1.165) is 37.5 Å². The normalized spacial score (nSPS) is 20.3. The molecule has 5 heterocycles. The minimum absolute atomic E-state index is 0.0194. The van der Waals surface area contributed by atoms with E-state index in [1.54, 1.807) is 9.80 Å². The number of carbonyl (C=O) groups excluding carboxylic acids is 1. The summed E-state index contributed by atoms with van der Waals surface area (Å²) in [6.07, 6.45) is -0.780. The lowest BCUT2D eigenvalue weighted by atomic mass is 10.1. The van der Waals surface area contributed by atoms with Crippen LogP contribution in [0, 0.1) is 0 Å². The number of amides is 2. The fourth-order valence-corrected chi connectivity index (χ4v) is 4.83. The van der Waals surface area contributed by atoms with Gasteiger partial charge in [0.2, 0.25) is 11.8 Å². The van der Waals surface area contributed by atoms with Gasteiger partial charge in [-0.1, -0.05) is 0 Å². The van der Waals surface area contributed by atoms with Crippen molar-refractivity contribution < 1.29 is 27.4 Å². The van der Waals surface area contributed by atoms with Crippen molar-refractivity contribution in [2.24, 2.45) is 0 Å². The van der Waals surface area contributed by atoms with Crippen LogP contribution in [0.3, 0.4) is 0 Å². The van der Waals surface area contributed by atoms with Gasteiger partial charge in [-0.05, 0) is 6.07 Å². The summed E-state index contributed by atoms with van der Waals surface area (Å²) in [5.41, 5.74) is 0.951. The number of rotatable bonds is 4. The predicted octanol–water partition coefficient (Wildman–Crippen LogP) is 1.94. The molecule has 2 amide bonds. The van der Waals surface area contributed by atoms with Gasteiger partial charge in [0.05, 0.1) is 43.3 Å². The largest absolute Gasteiger partial charge is 0.481 e. The van der Waals surface area contributed by atoms with Gasteiger partial charge in [0.1, 0.15) is 18.0 Å². The summed E-state index contributed by atoms with van der Waals surface area (Å²) in [5, 5.41) is 3.24. The molecule has 3 aliphatic rings. The number of fused-ring (bicyclic) bond motifs is 1. The van der Waals surface area contributed by atoms with Crippen LogP contribution in [0.2, 0.25) is 0 Å². The van der Waals surface area contributed by atoms with Gasteiger partial charge in [-0.3, -0.25) is 0 Å². The lowest BCUT2D eigenvalue weighted by Crippen LogP contribution is -2.51. The molecule has 10 nitrogen and oxygen atoms in total. The highest BCUT2D eigenvalue weighted by atomic mass is 19.4. The first-order chi connectivity index (χ1) is 17.3. The number of urea groups is 1. The van der Waals surface area contributed by atoms with E-state index in [4.69, 9.17) is 9.47 Å². The van der Waals surface area contributed by atoms with E-state index in [9.17, 15) is 18.0 Å². The SMILES string of the molecule is COc1ncc(N2CCc3ncnc(O[C@H]4CCN(C(=O)N5CCNCC5)C4)c3C2)cc1C(F)(F)F. The highest BCUT2D eigenvalue weighted by molar-refractivity contribution is 5.75. The number of piperazine rings is 1. The summed E-state index contributed by atoms with van der Waals surface area (Å²) in [6, 6.07) is 1.07. The third-order valence-corrected chi connectivity index (χ3v) is 6.74. The molecule has 0 spiro atoms. The fourth-order valence-electron chi connectivity index (χ4n) is 4.83. The molecule has 36 heavy (non-hydrogen) atoms. The molecule has 0 bridgehead atoms. The molecule has 0 aromatic carbocycles. The number of likely N-dealkylation sites (tertiary alicyclic amines) is 1. The van der Waals surface area contributed by atoms with Gasteiger partial charge in [-0.2, -0.15) is 13.2 Å². The molecule has 0 aliphatic carbocycles. The van der Waals surface area contributed by atoms with E-state index in [1.807, 2.05) is 4.90 Å². The highest BCUT2D eigenvalue weighted by Gasteiger charge is 2.37. The zero-order chi connectivity index (χ0) is 25.3. The summed E-state index contributed by atoms with van der Waals surface area (Å²) < 4.78 is 51.5. The number of hydrogen-bond donors (Lipinski definition) is 1. The summed E-state index contributed by atoms with van der Waals surface area (Å²) >= 11 is 0. The Bertz CT molecular complexity index is 1110. The Labute approximate surface area is 206 Å². The van der Waals surface area contributed by atoms with Crippen molar-refractivity contribution in [3.05, 3.63) is 35.4 Å². The second-order valence-electron chi connectivity index (χ2n) is 9.02. The fraction of sp³-hybridized carbons (Fsp3) is 0.565. The molecule has 2 saturated heterocycles. The van der Waals surface area contributed by atoms with Crippen molar-refractivity contribution in [2.75, 3.05) is 57.8 Å². The highest BCUT2D eigenvalue weighted by Crippen LogP contribution is 2.38. The van der Waals surface area contributed by atoms with Gasteiger partial charge in [0, 0.05) is 52.1 Å². The third kappa shape index (κ3) is 4.97. The van der Waals surface area contributed by atoms with Gasteiger partial charge in [-0.25, -0.2) is 19.7 Å².